The average Bonchev–Trinajstić information content (AvgIpc) is 2.78. The zero-order valence-electron chi connectivity index (χ0n) is 19.1. The number of rotatable bonds is 11. The Balaban J connectivity index is 1.42. The molecule has 1 saturated heterocycles. The number of hydrogen-bond acceptors (Lipinski definition) is 5. The van der Waals surface area contributed by atoms with Gasteiger partial charge < -0.3 is 24.4 Å². The summed E-state index contributed by atoms with van der Waals surface area (Å²) in [7, 11) is 4.32. The van der Waals surface area contributed by atoms with Crippen molar-refractivity contribution in [1.29, 1.82) is 0 Å². The van der Waals surface area contributed by atoms with Crippen molar-refractivity contribution in [3.63, 3.8) is 0 Å². The molecule has 1 saturated carbocycles. The number of hydrogen-bond donors (Lipinski definition) is 1. The Morgan fingerprint density at radius 3 is 2.57 bits per heavy atom. The zero-order valence-corrected chi connectivity index (χ0v) is 19.1. The van der Waals surface area contributed by atoms with Crippen LogP contribution >= 0.6 is 0 Å². The van der Waals surface area contributed by atoms with Crippen LogP contribution in [0.3, 0.4) is 0 Å². The minimum atomic E-state index is -0.462. The van der Waals surface area contributed by atoms with Crippen molar-refractivity contribution in [1.82, 2.24) is 9.80 Å². The summed E-state index contributed by atoms with van der Waals surface area (Å²) in [5, 5.41) is 10.5. The molecule has 0 bridgehead atoms. The molecule has 0 amide bonds. The molecule has 1 N–H and O–H groups in total. The van der Waals surface area contributed by atoms with Crippen LogP contribution in [0.25, 0.3) is 0 Å². The molecule has 30 heavy (non-hydrogen) atoms. The van der Waals surface area contributed by atoms with Gasteiger partial charge in [0.25, 0.3) is 0 Å². The molecule has 2 fully saturated rings. The second-order valence-corrected chi connectivity index (χ2v) is 9.39. The van der Waals surface area contributed by atoms with E-state index in [1.165, 1.54) is 56.9 Å². The minimum absolute atomic E-state index is 0.347. The maximum absolute atomic E-state index is 10.5. The first-order chi connectivity index (χ1) is 14.6. The lowest BCUT2D eigenvalue weighted by molar-refractivity contribution is 0.0553. The van der Waals surface area contributed by atoms with E-state index in [1.54, 1.807) is 0 Å². The van der Waals surface area contributed by atoms with Crippen LogP contribution in [0.5, 0.6) is 5.75 Å². The van der Waals surface area contributed by atoms with Gasteiger partial charge in [-0.2, -0.15) is 0 Å². The largest absolute Gasteiger partial charge is 0.491 e. The highest BCUT2D eigenvalue weighted by Gasteiger charge is 2.20. The van der Waals surface area contributed by atoms with E-state index in [9.17, 15) is 5.11 Å². The summed E-state index contributed by atoms with van der Waals surface area (Å²) in [4.78, 5) is 4.70. The van der Waals surface area contributed by atoms with E-state index in [0.29, 0.717) is 19.2 Å². The van der Waals surface area contributed by atoms with Crippen molar-refractivity contribution >= 4 is 0 Å². The highest BCUT2D eigenvalue weighted by atomic mass is 16.5. The highest BCUT2D eigenvalue weighted by Crippen LogP contribution is 2.23. The van der Waals surface area contributed by atoms with Crippen LogP contribution in [0, 0.1) is 5.92 Å². The van der Waals surface area contributed by atoms with Gasteiger partial charge in [-0.05, 0) is 64.7 Å². The van der Waals surface area contributed by atoms with Gasteiger partial charge in [0.15, 0.2) is 0 Å². The van der Waals surface area contributed by atoms with E-state index < -0.39 is 6.10 Å². The van der Waals surface area contributed by atoms with Crippen molar-refractivity contribution in [2.24, 2.45) is 5.92 Å². The van der Waals surface area contributed by atoms with E-state index in [1.807, 2.05) is 12.1 Å². The number of ether oxygens (including phenoxy) is 2. The maximum Gasteiger partial charge on any atom is 0.123 e. The topological polar surface area (TPSA) is 45.2 Å². The predicted octanol–water partition coefficient (Wildman–Crippen LogP) is 3.94. The first kappa shape index (κ1) is 23.5. The molecule has 0 radical (unpaired) electrons. The monoisotopic (exact) mass is 418 g/mol. The number of aliphatic hydroxyl groups excluding tert-OH is 1. The van der Waals surface area contributed by atoms with Gasteiger partial charge in [0.1, 0.15) is 18.5 Å². The molecule has 1 heterocycles. The van der Waals surface area contributed by atoms with E-state index in [0.717, 1.165) is 38.0 Å². The van der Waals surface area contributed by atoms with E-state index in [-0.39, 0.29) is 0 Å². The van der Waals surface area contributed by atoms with Crippen molar-refractivity contribution in [2.45, 2.75) is 70.1 Å². The molecule has 170 valence electrons. The van der Waals surface area contributed by atoms with Crippen LogP contribution in [0.15, 0.2) is 24.3 Å². The smallest absolute Gasteiger partial charge is 0.123 e. The third-order valence-electron chi connectivity index (χ3n) is 6.80. The normalized spacial score (nSPS) is 20.0. The second kappa shape index (κ2) is 12.7. The van der Waals surface area contributed by atoms with Crippen molar-refractivity contribution in [2.75, 3.05) is 47.0 Å². The fourth-order valence-electron chi connectivity index (χ4n) is 4.83. The quantitative estimate of drug-likeness (QED) is 0.590. The van der Waals surface area contributed by atoms with Gasteiger partial charge in [0.05, 0.1) is 0 Å². The van der Waals surface area contributed by atoms with Gasteiger partial charge in [-0.25, -0.2) is 0 Å². The molecule has 0 unspecified atom stereocenters. The molecule has 1 aliphatic heterocycles. The first-order valence-corrected chi connectivity index (χ1v) is 12.0. The van der Waals surface area contributed by atoms with Gasteiger partial charge in [-0.15, -0.1) is 0 Å². The molecule has 2 aliphatic rings. The minimum Gasteiger partial charge on any atom is -0.491 e. The van der Waals surface area contributed by atoms with E-state index >= 15 is 0 Å². The molecule has 0 aromatic heterocycles. The van der Waals surface area contributed by atoms with Crippen LogP contribution in [-0.4, -0.2) is 74.1 Å². The Bertz CT molecular complexity index is 600. The predicted molar refractivity (Wildman–Crippen MR) is 122 cm³/mol. The molecule has 5 heteroatoms. The molecule has 1 aromatic rings. The Hall–Kier alpha value is -1.14. The lowest BCUT2D eigenvalue weighted by Gasteiger charge is -2.32. The lowest BCUT2D eigenvalue weighted by atomic mass is 9.94. The molecular weight excluding hydrogens is 376 g/mol. The first-order valence-electron chi connectivity index (χ1n) is 12.0. The third-order valence-corrected chi connectivity index (χ3v) is 6.80. The molecule has 1 atom stereocenters. The number of para-hydroxylation sites is 1. The Labute approximate surface area is 183 Å². The summed E-state index contributed by atoms with van der Waals surface area (Å²) in [5.74, 6) is 1.69. The van der Waals surface area contributed by atoms with Crippen LogP contribution in [0.1, 0.15) is 56.9 Å². The Kier molecular flexibility index (Phi) is 9.92. The number of likely N-dealkylation sites (N-methyl/N-ethyl adjacent to an activating group) is 1. The van der Waals surface area contributed by atoms with Gasteiger partial charge in [0.2, 0.25) is 0 Å². The lowest BCUT2D eigenvalue weighted by Crippen LogP contribution is -2.40. The Morgan fingerprint density at radius 1 is 1.07 bits per heavy atom. The van der Waals surface area contributed by atoms with E-state index in [4.69, 9.17) is 9.47 Å². The summed E-state index contributed by atoms with van der Waals surface area (Å²) in [6.07, 6.45) is 9.66. The molecule has 1 aliphatic carbocycles. The standard InChI is InChI=1S/C25H42N2O3/c1-26(15-12-21-13-16-29-17-14-21)18-22-8-6-7-11-25(22)30-20-24(28)19-27(2)23-9-4-3-5-10-23/h6-8,11,21,23-24,28H,3-5,9-10,12-20H2,1-2H3/t24-/m0/s1. The summed E-state index contributed by atoms with van der Waals surface area (Å²) < 4.78 is 11.5. The Morgan fingerprint density at radius 2 is 1.80 bits per heavy atom. The molecule has 1 aromatic carbocycles. The van der Waals surface area contributed by atoms with Crippen LogP contribution in [-0.2, 0) is 11.3 Å². The number of aliphatic hydroxyl groups is 1. The van der Waals surface area contributed by atoms with Gasteiger partial charge >= 0.3 is 0 Å². The van der Waals surface area contributed by atoms with E-state index in [2.05, 4.69) is 36.0 Å². The fraction of sp³-hybridized carbons (Fsp3) is 0.760. The van der Waals surface area contributed by atoms with Gasteiger partial charge in [0, 0.05) is 37.9 Å². The SMILES string of the molecule is CN(CCC1CCOCC1)Cc1ccccc1OC[C@@H](O)CN(C)C1CCCCC1. The number of nitrogens with zero attached hydrogens (tertiary/aromatic N) is 2. The van der Waals surface area contributed by atoms with Crippen molar-refractivity contribution < 1.29 is 14.6 Å². The highest BCUT2D eigenvalue weighted by molar-refractivity contribution is 5.33. The number of benzene rings is 1. The summed E-state index contributed by atoms with van der Waals surface area (Å²) in [5.41, 5.74) is 1.19. The van der Waals surface area contributed by atoms with Gasteiger partial charge in [-0.3, -0.25) is 0 Å². The summed E-state index contributed by atoms with van der Waals surface area (Å²) in [6.45, 7) is 4.83. The molecule has 3 rings (SSSR count). The average molecular weight is 419 g/mol. The molecule has 5 nitrogen and oxygen atoms in total. The van der Waals surface area contributed by atoms with Crippen LogP contribution in [0.4, 0.5) is 0 Å². The van der Waals surface area contributed by atoms with Crippen molar-refractivity contribution in [3.8, 4) is 5.75 Å². The second-order valence-electron chi connectivity index (χ2n) is 9.39. The summed E-state index contributed by atoms with van der Waals surface area (Å²) >= 11 is 0. The van der Waals surface area contributed by atoms with Crippen LogP contribution < -0.4 is 4.74 Å². The molecule has 0 spiro atoms. The maximum atomic E-state index is 10.5. The van der Waals surface area contributed by atoms with Crippen molar-refractivity contribution in [3.05, 3.63) is 29.8 Å². The summed E-state index contributed by atoms with van der Waals surface area (Å²) in [6, 6.07) is 8.87. The van der Waals surface area contributed by atoms with Crippen LogP contribution in [0.2, 0.25) is 0 Å². The fourth-order valence-corrected chi connectivity index (χ4v) is 4.83. The molecular formula is C25H42N2O3. The van der Waals surface area contributed by atoms with Gasteiger partial charge in [-0.1, -0.05) is 37.5 Å². The third kappa shape index (κ3) is 7.84. The zero-order chi connectivity index (χ0) is 21.2.